The number of rotatable bonds is 4. The predicted molar refractivity (Wildman–Crippen MR) is 75.3 cm³/mol. The van der Waals surface area contributed by atoms with Crippen LogP contribution >= 0.6 is 0 Å². The van der Waals surface area contributed by atoms with Gasteiger partial charge in [0.15, 0.2) is 5.76 Å². The molecule has 0 spiro atoms. The minimum Gasteiger partial charge on any atom is -0.465 e. The number of esters is 1. The van der Waals surface area contributed by atoms with Crippen molar-refractivity contribution >= 4 is 5.97 Å². The molecular weight excluding hydrogens is 288 g/mol. The fourth-order valence-corrected chi connectivity index (χ4v) is 1.94. The number of ether oxygens (including phenoxy) is 1. The van der Waals surface area contributed by atoms with E-state index in [-0.39, 0.29) is 12.4 Å². The number of methoxy groups -OCH3 is 1. The lowest BCUT2D eigenvalue weighted by Gasteiger charge is -2.02. The van der Waals surface area contributed by atoms with Crippen LogP contribution in [0, 0.1) is 0 Å². The Kier molecular flexibility index (Phi) is 3.61. The van der Waals surface area contributed by atoms with Crippen LogP contribution in [-0.2, 0) is 11.3 Å². The molecule has 0 saturated heterocycles. The maximum absolute atomic E-state index is 11.8. The first-order valence-electron chi connectivity index (χ1n) is 6.46. The molecule has 0 radical (unpaired) electrons. The summed E-state index contributed by atoms with van der Waals surface area (Å²) in [5.41, 5.74) is 1.24. The van der Waals surface area contributed by atoms with E-state index in [1.54, 1.807) is 36.4 Å². The van der Waals surface area contributed by atoms with E-state index in [0.29, 0.717) is 11.3 Å². The van der Waals surface area contributed by atoms with Crippen LogP contribution in [0.15, 0.2) is 56.3 Å². The molecule has 22 heavy (non-hydrogen) atoms. The third-order valence-electron chi connectivity index (χ3n) is 3.05. The highest BCUT2D eigenvalue weighted by Gasteiger charge is 2.13. The van der Waals surface area contributed by atoms with Crippen LogP contribution in [0.5, 0.6) is 0 Å². The topological polar surface area (TPSA) is 87.5 Å². The second-order valence-electron chi connectivity index (χ2n) is 4.50. The largest absolute Gasteiger partial charge is 0.465 e. The molecule has 0 N–H and O–H groups in total. The third-order valence-corrected chi connectivity index (χ3v) is 3.05. The molecule has 1 aromatic carbocycles. The van der Waals surface area contributed by atoms with Crippen molar-refractivity contribution in [1.82, 2.24) is 9.78 Å². The summed E-state index contributed by atoms with van der Waals surface area (Å²) in [6.45, 7) is 0.227. The number of hydrogen-bond donors (Lipinski definition) is 0. The van der Waals surface area contributed by atoms with E-state index in [0.717, 1.165) is 5.56 Å². The normalized spacial score (nSPS) is 10.6. The monoisotopic (exact) mass is 300 g/mol. The number of furan rings is 1. The van der Waals surface area contributed by atoms with E-state index in [1.165, 1.54) is 18.1 Å². The van der Waals surface area contributed by atoms with Crippen LogP contribution in [0.25, 0.3) is 11.7 Å². The molecule has 0 aliphatic heterocycles. The van der Waals surface area contributed by atoms with E-state index < -0.39 is 11.7 Å². The molecule has 0 atom stereocenters. The predicted octanol–water partition coefficient (Wildman–Crippen LogP) is 1.93. The quantitative estimate of drug-likeness (QED) is 0.684. The van der Waals surface area contributed by atoms with Crippen molar-refractivity contribution in [2.45, 2.75) is 6.54 Å². The highest BCUT2D eigenvalue weighted by molar-refractivity contribution is 5.89. The molecule has 3 rings (SSSR count). The van der Waals surface area contributed by atoms with Gasteiger partial charge < -0.3 is 13.6 Å². The minimum absolute atomic E-state index is 0.126. The number of nitrogens with zero attached hydrogens (tertiary/aromatic N) is 2. The van der Waals surface area contributed by atoms with Gasteiger partial charge in [0.2, 0.25) is 0 Å². The molecule has 0 amide bonds. The van der Waals surface area contributed by atoms with Crippen LogP contribution in [0.1, 0.15) is 15.9 Å². The maximum atomic E-state index is 11.8. The standard InChI is InChI=1S/C15H12N2O5/c1-20-14(18)11-6-4-10(5-7-11)9-17-15(19)22-13(16-17)12-3-2-8-21-12/h2-8H,9H2,1H3. The minimum atomic E-state index is -0.580. The first-order valence-corrected chi connectivity index (χ1v) is 6.46. The van der Waals surface area contributed by atoms with Crippen LogP contribution in [0.3, 0.4) is 0 Å². The van der Waals surface area contributed by atoms with E-state index in [1.807, 2.05) is 0 Å². The van der Waals surface area contributed by atoms with Gasteiger partial charge in [0.25, 0.3) is 5.89 Å². The fraction of sp³-hybridized carbons (Fsp3) is 0.133. The summed E-state index contributed by atoms with van der Waals surface area (Å²) in [6, 6.07) is 10.0. The van der Waals surface area contributed by atoms with E-state index in [4.69, 9.17) is 8.83 Å². The van der Waals surface area contributed by atoms with Crippen molar-refractivity contribution < 1.29 is 18.4 Å². The maximum Gasteiger partial charge on any atom is 0.437 e. The van der Waals surface area contributed by atoms with Gasteiger partial charge in [-0.05, 0) is 29.8 Å². The molecule has 112 valence electrons. The van der Waals surface area contributed by atoms with Crippen molar-refractivity contribution in [3.8, 4) is 11.7 Å². The molecule has 3 aromatic rings. The lowest BCUT2D eigenvalue weighted by Crippen LogP contribution is -2.16. The number of benzene rings is 1. The average Bonchev–Trinajstić information content (AvgIpc) is 3.18. The first kappa shape index (κ1) is 13.9. The van der Waals surface area contributed by atoms with E-state index >= 15 is 0 Å². The van der Waals surface area contributed by atoms with Crippen LogP contribution in [0.2, 0.25) is 0 Å². The smallest absolute Gasteiger partial charge is 0.437 e. The number of carbonyl (C=O) groups is 1. The average molecular weight is 300 g/mol. The zero-order chi connectivity index (χ0) is 15.5. The Hall–Kier alpha value is -3.09. The highest BCUT2D eigenvalue weighted by Crippen LogP contribution is 2.15. The molecule has 0 saturated carbocycles. The second kappa shape index (κ2) is 5.72. The molecule has 7 heteroatoms. The summed E-state index contributed by atoms with van der Waals surface area (Å²) in [5.74, 6) is -0.480. The van der Waals surface area contributed by atoms with E-state index in [2.05, 4.69) is 9.84 Å². The Morgan fingerprint density at radius 1 is 1.27 bits per heavy atom. The molecule has 0 fully saturated rings. The molecule has 2 aromatic heterocycles. The Bertz CT molecular complexity index is 828. The Morgan fingerprint density at radius 3 is 2.68 bits per heavy atom. The molecular formula is C15H12N2O5. The summed E-state index contributed by atoms with van der Waals surface area (Å²) in [5, 5.41) is 4.07. The van der Waals surface area contributed by atoms with Gasteiger partial charge in [-0.3, -0.25) is 0 Å². The van der Waals surface area contributed by atoms with Gasteiger partial charge >= 0.3 is 11.7 Å². The molecule has 0 aliphatic carbocycles. The van der Waals surface area contributed by atoms with Crippen LogP contribution in [0.4, 0.5) is 0 Å². The summed E-state index contributed by atoms with van der Waals surface area (Å²) >= 11 is 0. The Morgan fingerprint density at radius 2 is 2.05 bits per heavy atom. The molecule has 0 bridgehead atoms. The van der Waals surface area contributed by atoms with Crippen LogP contribution < -0.4 is 5.76 Å². The van der Waals surface area contributed by atoms with Crippen molar-refractivity contribution in [1.29, 1.82) is 0 Å². The number of carbonyl (C=O) groups excluding carboxylic acids is 1. The second-order valence-corrected chi connectivity index (χ2v) is 4.50. The van der Waals surface area contributed by atoms with E-state index in [9.17, 15) is 9.59 Å². The zero-order valence-electron chi connectivity index (χ0n) is 11.7. The van der Waals surface area contributed by atoms with Crippen molar-refractivity contribution in [2.75, 3.05) is 7.11 Å². The van der Waals surface area contributed by atoms with Gasteiger partial charge in [-0.25, -0.2) is 9.59 Å². The number of hydrogen-bond acceptors (Lipinski definition) is 6. The summed E-state index contributed by atoms with van der Waals surface area (Å²) in [6.07, 6.45) is 1.47. The van der Waals surface area contributed by atoms with Gasteiger partial charge in [-0.2, -0.15) is 4.68 Å². The number of aromatic nitrogens is 2. The molecule has 0 aliphatic rings. The molecule has 7 nitrogen and oxygen atoms in total. The SMILES string of the molecule is COC(=O)c1ccc(Cn2nc(-c3ccco3)oc2=O)cc1. The summed E-state index contributed by atoms with van der Waals surface area (Å²) < 4.78 is 16.0. The molecule has 0 unspecified atom stereocenters. The van der Waals surface area contributed by atoms with Gasteiger partial charge in [0.05, 0.1) is 25.5 Å². The molecule has 2 heterocycles. The van der Waals surface area contributed by atoms with Gasteiger partial charge in [-0.1, -0.05) is 12.1 Å². The Balaban J connectivity index is 1.81. The van der Waals surface area contributed by atoms with Crippen molar-refractivity contribution in [2.24, 2.45) is 0 Å². The first-order chi connectivity index (χ1) is 10.7. The van der Waals surface area contributed by atoms with Gasteiger partial charge in [-0.15, -0.1) is 5.10 Å². The Labute approximate surface area is 124 Å². The fourth-order valence-electron chi connectivity index (χ4n) is 1.94. The summed E-state index contributed by atoms with van der Waals surface area (Å²) in [7, 11) is 1.32. The van der Waals surface area contributed by atoms with Crippen molar-refractivity contribution in [3.63, 3.8) is 0 Å². The highest BCUT2D eigenvalue weighted by atomic mass is 16.5. The summed E-state index contributed by atoms with van der Waals surface area (Å²) in [4.78, 5) is 23.1. The third kappa shape index (κ3) is 2.69. The lowest BCUT2D eigenvalue weighted by molar-refractivity contribution is 0.0600. The zero-order valence-corrected chi connectivity index (χ0v) is 11.7. The van der Waals surface area contributed by atoms with Crippen molar-refractivity contribution in [3.05, 3.63) is 64.3 Å². The van der Waals surface area contributed by atoms with Gasteiger partial charge in [0, 0.05) is 0 Å². The van der Waals surface area contributed by atoms with Gasteiger partial charge in [0.1, 0.15) is 0 Å². The lowest BCUT2D eigenvalue weighted by atomic mass is 10.1. The van der Waals surface area contributed by atoms with Crippen LogP contribution in [-0.4, -0.2) is 22.9 Å².